The van der Waals surface area contributed by atoms with Crippen LogP contribution in [-0.4, -0.2) is 35.8 Å². The molecular formula is C39H77N5O4. The molecule has 0 heterocycles. The average Bonchev–Trinajstić information content (AvgIpc) is 3.06. The highest BCUT2D eigenvalue weighted by molar-refractivity contribution is 5.86. The highest BCUT2D eigenvalue weighted by Gasteiger charge is 2.21. The number of rotatable bonds is 37. The summed E-state index contributed by atoms with van der Waals surface area (Å²) in [5, 5.41) is 12.8. The number of carbonyl (C=O) groups excluding carboxylic acids is 2. The molecule has 0 fully saturated rings. The zero-order chi connectivity index (χ0) is 35.3. The molecule has 0 saturated heterocycles. The molecule has 0 aromatic rings. The molecule has 0 aliphatic heterocycles. The Balaban J connectivity index is 4.16. The summed E-state index contributed by atoms with van der Waals surface area (Å²) in [5.41, 5.74) is 7.33. The first-order chi connectivity index (χ1) is 23.4. The molecule has 0 saturated carbocycles. The van der Waals surface area contributed by atoms with E-state index in [9.17, 15) is 19.7 Å². The highest BCUT2D eigenvalue weighted by atomic mass is 16.7. The topological polar surface area (TPSA) is 140 Å². The van der Waals surface area contributed by atoms with Crippen LogP contribution in [0.4, 0.5) is 0 Å². The lowest BCUT2D eigenvalue weighted by molar-refractivity contribution is -0.525. The van der Waals surface area contributed by atoms with Gasteiger partial charge in [-0.25, -0.2) is 15.1 Å². The van der Waals surface area contributed by atoms with Crippen LogP contribution in [0.1, 0.15) is 213 Å². The monoisotopic (exact) mass is 680 g/mol. The first kappa shape index (κ1) is 45.8. The Labute approximate surface area is 295 Å². The first-order valence-electron chi connectivity index (χ1n) is 20.4. The molecule has 9 heteroatoms. The minimum Gasteiger partial charge on any atom is -0.365 e. The number of nitrogens with one attached hydrogen (secondary N) is 2. The average molecular weight is 680 g/mol. The third kappa shape index (κ3) is 33.7. The van der Waals surface area contributed by atoms with Crippen LogP contribution >= 0.6 is 0 Å². The quantitative estimate of drug-likeness (QED) is 0.0196. The maximum Gasteiger partial charge on any atom is 0.251 e. The lowest BCUT2D eigenvalue weighted by Gasteiger charge is -2.16. The van der Waals surface area contributed by atoms with Crippen molar-refractivity contribution in [3.8, 4) is 0 Å². The van der Waals surface area contributed by atoms with E-state index < -0.39 is 11.0 Å². The van der Waals surface area contributed by atoms with Crippen LogP contribution < -0.4 is 16.5 Å². The van der Waals surface area contributed by atoms with Crippen LogP contribution in [0.15, 0.2) is 4.99 Å². The highest BCUT2D eigenvalue weighted by Crippen LogP contribution is 2.18. The third-order valence-corrected chi connectivity index (χ3v) is 9.43. The molecule has 282 valence electrons. The summed E-state index contributed by atoms with van der Waals surface area (Å²) < 4.78 is 0. The molecule has 1 amide bonds. The summed E-state index contributed by atoms with van der Waals surface area (Å²) in [7, 11) is 0. The van der Waals surface area contributed by atoms with E-state index in [1.165, 1.54) is 148 Å². The van der Waals surface area contributed by atoms with Crippen LogP contribution in [0.2, 0.25) is 0 Å². The second kappa shape index (κ2) is 36.1. The number of nitrogens with zero attached hydrogens (tertiary/aromatic N) is 2. The van der Waals surface area contributed by atoms with Gasteiger partial charge in [0.05, 0.1) is 0 Å². The van der Waals surface area contributed by atoms with Crippen LogP contribution in [0, 0.1) is 16.0 Å². The molecule has 1 atom stereocenters. The van der Waals surface area contributed by atoms with Gasteiger partial charge < -0.3 is 11.1 Å². The van der Waals surface area contributed by atoms with Crippen molar-refractivity contribution in [3.63, 3.8) is 0 Å². The van der Waals surface area contributed by atoms with E-state index >= 15 is 0 Å². The van der Waals surface area contributed by atoms with Crippen molar-refractivity contribution in [3.05, 3.63) is 10.1 Å². The number of hydrazine groups is 1. The summed E-state index contributed by atoms with van der Waals surface area (Å²) in [6, 6.07) is 0. The largest absolute Gasteiger partial charge is 0.365 e. The second-order valence-electron chi connectivity index (χ2n) is 14.1. The van der Waals surface area contributed by atoms with Gasteiger partial charge in [0.15, 0.2) is 5.03 Å². The summed E-state index contributed by atoms with van der Waals surface area (Å²) >= 11 is 0. The molecule has 4 N–H and O–H groups in total. The Morgan fingerprint density at radius 3 is 1.44 bits per heavy atom. The predicted molar refractivity (Wildman–Crippen MR) is 203 cm³/mol. The number of aliphatic imine (C=N–C) groups is 1. The summed E-state index contributed by atoms with van der Waals surface area (Å²) in [6.07, 6.45) is 36.5. The van der Waals surface area contributed by atoms with Gasteiger partial charge in [-0.1, -0.05) is 180 Å². The van der Waals surface area contributed by atoms with Crippen molar-refractivity contribution < 1.29 is 14.6 Å². The number of unbranched alkanes of at least 4 members (excludes halogenated alkanes) is 25. The van der Waals surface area contributed by atoms with Gasteiger partial charge in [-0.15, -0.1) is 0 Å². The molecular weight excluding hydrogens is 602 g/mol. The van der Waals surface area contributed by atoms with E-state index in [0.717, 1.165) is 25.7 Å². The van der Waals surface area contributed by atoms with Crippen molar-refractivity contribution in [2.75, 3.05) is 13.1 Å². The molecule has 0 aliphatic rings. The molecule has 0 aromatic heterocycles. The van der Waals surface area contributed by atoms with Gasteiger partial charge in [-0.2, -0.15) is 0 Å². The molecule has 9 nitrogen and oxygen atoms in total. The fourth-order valence-electron chi connectivity index (χ4n) is 6.38. The van der Waals surface area contributed by atoms with Gasteiger partial charge in [-0.05, 0) is 25.7 Å². The number of hydrogen-bond acceptors (Lipinski definition) is 5. The number of nitrogens with two attached hydrogens (primary N) is 1. The van der Waals surface area contributed by atoms with Gasteiger partial charge in [0.2, 0.25) is 5.91 Å². The maximum atomic E-state index is 13.0. The van der Waals surface area contributed by atoms with Crippen molar-refractivity contribution in [2.45, 2.75) is 213 Å². The predicted octanol–water partition coefficient (Wildman–Crippen LogP) is 10.5. The fourth-order valence-corrected chi connectivity index (χ4v) is 6.38. The number of amides is 1. The first-order valence-corrected chi connectivity index (χ1v) is 20.4. The lowest BCUT2D eigenvalue weighted by Crippen LogP contribution is -2.36. The van der Waals surface area contributed by atoms with Gasteiger partial charge in [-0.3, -0.25) is 9.59 Å². The van der Waals surface area contributed by atoms with Crippen molar-refractivity contribution in [2.24, 2.45) is 16.6 Å². The smallest absolute Gasteiger partial charge is 0.251 e. The van der Waals surface area contributed by atoms with E-state index in [1.807, 2.05) is 5.43 Å². The minimum atomic E-state index is -0.749. The molecule has 0 unspecified atom stereocenters. The van der Waals surface area contributed by atoms with E-state index in [0.29, 0.717) is 25.8 Å². The van der Waals surface area contributed by atoms with Crippen LogP contribution in [0.25, 0.3) is 0 Å². The zero-order valence-corrected chi connectivity index (χ0v) is 31.5. The van der Waals surface area contributed by atoms with Crippen molar-refractivity contribution in [1.29, 1.82) is 0 Å². The Morgan fingerprint density at radius 2 is 1.02 bits per heavy atom. The van der Waals surface area contributed by atoms with Crippen LogP contribution in [0.3, 0.4) is 0 Å². The standard InChI is InChI=1S/C39H77N5O4/c1-3-5-7-9-11-13-15-16-17-18-19-20-21-22-24-26-28-32-37(45)35-36(31-30-34-42-39(40)43-44(47)48)38(46)41-33-29-27-25-23-14-12-10-8-6-4-2/h36H,3-35H2,1-2H3,(H,41,46)(H3,40,42,43)/t36-/m1/s1. The molecule has 0 aliphatic carbocycles. The van der Waals surface area contributed by atoms with Gasteiger partial charge >= 0.3 is 0 Å². The second-order valence-corrected chi connectivity index (χ2v) is 14.1. The molecule has 0 bridgehead atoms. The molecule has 48 heavy (non-hydrogen) atoms. The minimum absolute atomic E-state index is 0.0675. The van der Waals surface area contributed by atoms with Gasteiger partial charge in [0, 0.05) is 31.8 Å². The van der Waals surface area contributed by atoms with E-state index in [2.05, 4.69) is 24.2 Å². The van der Waals surface area contributed by atoms with E-state index in [1.54, 1.807) is 0 Å². The van der Waals surface area contributed by atoms with Crippen LogP contribution in [0.5, 0.6) is 0 Å². The molecule has 0 rings (SSSR count). The Bertz CT molecular complexity index is 792. The summed E-state index contributed by atoms with van der Waals surface area (Å²) in [4.78, 5) is 40.3. The van der Waals surface area contributed by atoms with Gasteiger partial charge in [0.25, 0.3) is 5.96 Å². The van der Waals surface area contributed by atoms with Crippen LogP contribution in [-0.2, 0) is 9.59 Å². The lowest BCUT2D eigenvalue weighted by atomic mass is 9.93. The molecule has 0 aromatic carbocycles. The Kier molecular flexibility index (Phi) is 34.5. The fraction of sp³-hybridized carbons (Fsp3) is 0.923. The number of nitro groups is 1. The molecule has 0 radical (unpaired) electrons. The zero-order valence-electron chi connectivity index (χ0n) is 31.5. The number of carbonyl (C=O) groups is 2. The Morgan fingerprint density at radius 1 is 0.625 bits per heavy atom. The normalized spacial score (nSPS) is 12.2. The number of Topliss-reactive ketones (excluding diaryl/α,β-unsaturated/α-hetero) is 1. The van der Waals surface area contributed by atoms with E-state index in [-0.39, 0.29) is 30.6 Å². The number of guanidine groups is 1. The van der Waals surface area contributed by atoms with Gasteiger partial charge in [0.1, 0.15) is 5.78 Å². The SMILES string of the molecule is CCCCCCCCCCCCCCCCCCCC(=O)C[C@@H](CCCN=C(N)N[N+](=O)[O-])C(=O)NCCCCCCCCCCCC. The third-order valence-electron chi connectivity index (χ3n) is 9.43. The summed E-state index contributed by atoms with van der Waals surface area (Å²) in [5.74, 6) is -0.571. The van der Waals surface area contributed by atoms with E-state index in [4.69, 9.17) is 5.73 Å². The van der Waals surface area contributed by atoms with Crippen molar-refractivity contribution >= 4 is 17.6 Å². The molecule has 0 spiro atoms. The summed E-state index contributed by atoms with van der Waals surface area (Å²) in [6.45, 7) is 5.42. The number of hydrogen-bond donors (Lipinski definition) is 3. The maximum absolute atomic E-state index is 13.0. The van der Waals surface area contributed by atoms with Crippen molar-refractivity contribution in [1.82, 2.24) is 10.7 Å². The Hall–Kier alpha value is -2.19. The number of ketones is 1.